The van der Waals surface area contributed by atoms with Crippen LogP contribution in [0.5, 0.6) is 0 Å². The second-order valence-electron chi connectivity index (χ2n) is 6.11. The van der Waals surface area contributed by atoms with Crippen LogP contribution in [0.2, 0.25) is 0 Å². The molecular formula is C20H25NO7. The number of ether oxygens (including phenoxy) is 4. The molecule has 0 N–H and O–H groups in total. The molecule has 0 fully saturated rings. The number of hydrogen-bond acceptors (Lipinski definition) is 8. The van der Waals surface area contributed by atoms with Gasteiger partial charge in [-0.3, -0.25) is 0 Å². The lowest BCUT2D eigenvalue weighted by atomic mass is 10.1. The van der Waals surface area contributed by atoms with E-state index in [1.54, 1.807) is 24.3 Å². The summed E-state index contributed by atoms with van der Waals surface area (Å²) in [6.07, 6.45) is 2.88. The number of hydrogen-bond donors (Lipinski definition) is 0. The Morgan fingerprint density at radius 3 is 2.29 bits per heavy atom. The molecule has 0 spiro atoms. The Kier molecular flexibility index (Phi) is 8.01. The average molecular weight is 391 g/mol. The average Bonchev–Trinajstić information content (AvgIpc) is 2.75. The molecule has 0 amide bonds. The van der Waals surface area contributed by atoms with E-state index in [4.69, 9.17) is 18.9 Å². The highest BCUT2D eigenvalue weighted by atomic mass is 16.5. The van der Waals surface area contributed by atoms with Crippen LogP contribution in [0.25, 0.3) is 0 Å². The zero-order valence-electron chi connectivity index (χ0n) is 16.4. The van der Waals surface area contributed by atoms with Crippen LogP contribution in [0.15, 0.2) is 35.5 Å². The quantitative estimate of drug-likeness (QED) is 0.379. The van der Waals surface area contributed by atoms with Crippen molar-refractivity contribution in [1.82, 2.24) is 0 Å². The molecule has 0 unspecified atom stereocenters. The third-order valence-electron chi connectivity index (χ3n) is 4.23. The maximum atomic E-state index is 12.3. The van der Waals surface area contributed by atoms with Gasteiger partial charge in [-0.15, -0.1) is 0 Å². The predicted molar refractivity (Wildman–Crippen MR) is 101 cm³/mol. The lowest BCUT2D eigenvalue weighted by Crippen LogP contribution is -2.38. The van der Waals surface area contributed by atoms with Gasteiger partial charge in [0.2, 0.25) is 0 Å². The summed E-state index contributed by atoms with van der Waals surface area (Å²) in [5.41, 5.74) is 1.08. The minimum Gasteiger partial charge on any atom is -0.466 e. The molecule has 28 heavy (non-hydrogen) atoms. The molecule has 8 heteroatoms. The summed E-state index contributed by atoms with van der Waals surface area (Å²) >= 11 is 0. The summed E-state index contributed by atoms with van der Waals surface area (Å²) in [5, 5.41) is 0. The molecule has 1 heterocycles. The van der Waals surface area contributed by atoms with E-state index in [0.717, 1.165) is 19.3 Å². The SMILES string of the molecule is CCCCCOC(=O)c1ccc(N2COCC(C(=O)OC)=C2C(=O)OC)cc1. The van der Waals surface area contributed by atoms with Gasteiger partial charge in [-0.2, -0.15) is 0 Å². The van der Waals surface area contributed by atoms with E-state index in [-0.39, 0.29) is 24.6 Å². The third-order valence-corrected chi connectivity index (χ3v) is 4.23. The topological polar surface area (TPSA) is 91.4 Å². The molecule has 0 aliphatic carbocycles. The van der Waals surface area contributed by atoms with Crippen LogP contribution >= 0.6 is 0 Å². The Hall–Kier alpha value is -2.87. The maximum absolute atomic E-state index is 12.3. The van der Waals surface area contributed by atoms with Crippen molar-refractivity contribution in [2.24, 2.45) is 0 Å². The Morgan fingerprint density at radius 2 is 1.68 bits per heavy atom. The number of esters is 3. The molecule has 8 nitrogen and oxygen atoms in total. The highest BCUT2D eigenvalue weighted by molar-refractivity contribution is 6.03. The van der Waals surface area contributed by atoms with Crippen LogP contribution in [-0.4, -0.2) is 52.1 Å². The second kappa shape index (κ2) is 10.5. The molecule has 0 bridgehead atoms. The minimum atomic E-state index is -0.678. The monoisotopic (exact) mass is 391 g/mol. The summed E-state index contributed by atoms with van der Waals surface area (Å²) in [7, 11) is 2.46. The lowest BCUT2D eigenvalue weighted by Gasteiger charge is -2.31. The number of nitrogens with zero attached hydrogens (tertiary/aromatic N) is 1. The number of carbonyl (C=O) groups excluding carboxylic acids is 3. The zero-order valence-corrected chi connectivity index (χ0v) is 16.4. The van der Waals surface area contributed by atoms with Gasteiger partial charge in [-0.1, -0.05) is 19.8 Å². The number of carbonyl (C=O) groups is 3. The summed E-state index contributed by atoms with van der Waals surface area (Å²) in [6, 6.07) is 6.49. The first kappa shape index (κ1) is 21.4. The van der Waals surface area contributed by atoms with E-state index in [2.05, 4.69) is 6.92 Å². The molecule has 0 aromatic heterocycles. The summed E-state index contributed by atoms with van der Waals surface area (Å²) < 4.78 is 20.2. The van der Waals surface area contributed by atoms with Crippen LogP contribution in [0, 0.1) is 0 Å². The first-order valence-corrected chi connectivity index (χ1v) is 9.05. The Morgan fingerprint density at radius 1 is 1.00 bits per heavy atom. The van der Waals surface area contributed by atoms with E-state index in [0.29, 0.717) is 17.9 Å². The van der Waals surface area contributed by atoms with Crippen molar-refractivity contribution in [3.8, 4) is 0 Å². The van der Waals surface area contributed by atoms with Crippen molar-refractivity contribution in [2.45, 2.75) is 26.2 Å². The minimum absolute atomic E-state index is 0.0474. The molecule has 0 saturated heterocycles. The van der Waals surface area contributed by atoms with Gasteiger partial charge in [0.15, 0.2) is 0 Å². The van der Waals surface area contributed by atoms with E-state index in [1.165, 1.54) is 19.1 Å². The largest absolute Gasteiger partial charge is 0.466 e. The molecule has 152 valence electrons. The van der Waals surface area contributed by atoms with E-state index in [1.807, 2.05) is 0 Å². The van der Waals surface area contributed by atoms with Crippen molar-refractivity contribution in [1.29, 1.82) is 0 Å². The standard InChI is InChI=1S/C20H25NO7/c1-4-5-6-11-28-18(22)14-7-9-15(10-8-14)21-13-27-12-16(19(23)25-2)17(21)20(24)26-3/h7-10H,4-6,11-13H2,1-3H3. The fraction of sp³-hybridized carbons (Fsp3) is 0.450. The Labute approximate surface area is 164 Å². The van der Waals surface area contributed by atoms with Crippen LogP contribution in [0.3, 0.4) is 0 Å². The molecule has 1 aliphatic heterocycles. The smallest absolute Gasteiger partial charge is 0.355 e. The zero-order chi connectivity index (χ0) is 20.5. The number of rotatable bonds is 8. The van der Waals surface area contributed by atoms with Gasteiger partial charge in [-0.05, 0) is 30.7 Å². The number of benzene rings is 1. The maximum Gasteiger partial charge on any atom is 0.355 e. The van der Waals surface area contributed by atoms with Crippen molar-refractivity contribution in [3.05, 3.63) is 41.1 Å². The molecule has 1 aromatic carbocycles. The van der Waals surface area contributed by atoms with Gasteiger partial charge in [-0.25, -0.2) is 14.4 Å². The number of anilines is 1. The van der Waals surface area contributed by atoms with Crippen molar-refractivity contribution >= 4 is 23.6 Å². The molecule has 2 rings (SSSR count). The highest BCUT2D eigenvalue weighted by Crippen LogP contribution is 2.27. The van der Waals surface area contributed by atoms with Gasteiger partial charge in [0.05, 0.1) is 38.6 Å². The van der Waals surface area contributed by atoms with Crippen LogP contribution in [0.4, 0.5) is 5.69 Å². The highest BCUT2D eigenvalue weighted by Gasteiger charge is 2.32. The summed E-state index contributed by atoms with van der Waals surface area (Å²) in [5.74, 6) is -1.75. The van der Waals surface area contributed by atoms with Gasteiger partial charge in [0, 0.05) is 5.69 Å². The van der Waals surface area contributed by atoms with Crippen LogP contribution in [0.1, 0.15) is 36.5 Å². The second-order valence-corrected chi connectivity index (χ2v) is 6.11. The Bertz CT molecular complexity index is 739. The van der Waals surface area contributed by atoms with Gasteiger partial charge >= 0.3 is 17.9 Å². The van der Waals surface area contributed by atoms with Crippen molar-refractivity contribution in [3.63, 3.8) is 0 Å². The Balaban J connectivity index is 2.22. The van der Waals surface area contributed by atoms with Gasteiger partial charge in [0.25, 0.3) is 0 Å². The van der Waals surface area contributed by atoms with Crippen molar-refractivity contribution < 1.29 is 33.3 Å². The number of unbranched alkanes of at least 4 members (excludes halogenated alkanes) is 2. The normalized spacial score (nSPS) is 13.9. The molecule has 1 aliphatic rings. The summed E-state index contributed by atoms with van der Waals surface area (Å²) in [4.78, 5) is 37.9. The van der Waals surface area contributed by atoms with E-state index >= 15 is 0 Å². The van der Waals surface area contributed by atoms with Gasteiger partial charge in [0.1, 0.15) is 12.4 Å². The molecule has 0 saturated carbocycles. The van der Waals surface area contributed by atoms with Crippen LogP contribution < -0.4 is 4.90 Å². The fourth-order valence-corrected chi connectivity index (χ4v) is 2.73. The fourth-order valence-electron chi connectivity index (χ4n) is 2.73. The molecule has 1 aromatic rings. The molecule has 0 atom stereocenters. The van der Waals surface area contributed by atoms with E-state index < -0.39 is 17.9 Å². The number of methoxy groups -OCH3 is 2. The van der Waals surface area contributed by atoms with E-state index in [9.17, 15) is 14.4 Å². The van der Waals surface area contributed by atoms with Crippen LogP contribution in [-0.2, 0) is 28.5 Å². The molecule has 0 radical (unpaired) electrons. The van der Waals surface area contributed by atoms with Gasteiger partial charge < -0.3 is 23.8 Å². The summed E-state index contributed by atoms with van der Waals surface area (Å²) in [6.45, 7) is 2.45. The third kappa shape index (κ3) is 5.10. The predicted octanol–water partition coefficient (Wildman–Crippen LogP) is 2.43. The first-order chi connectivity index (χ1) is 13.5. The van der Waals surface area contributed by atoms with Crippen molar-refractivity contribution in [2.75, 3.05) is 39.1 Å². The molecular weight excluding hydrogens is 366 g/mol. The lowest BCUT2D eigenvalue weighted by molar-refractivity contribution is -0.140. The first-order valence-electron chi connectivity index (χ1n) is 9.05.